The van der Waals surface area contributed by atoms with Crippen LogP contribution in [0.1, 0.15) is 18.9 Å². The largest absolute Gasteiger partial charge is 0.368 e. The summed E-state index contributed by atoms with van der Waals surface area (Å²) in [6, 6.07) is 15.1. The lowest BCUT2D eigenvalue weighted by Crippen LogP contribution is -2.48. The molecule has 2 aromatic carbocycles. The number of amides is 2. The highest BCUT2D eigenvalue weighted by atomic mass is 35.5. The van der Waals surface area contributed by atoms with Gasteiger partial charge in [-0.1, -0.05) is 30.7 Å². The summed E-state index contributed by atoms with van der Waals surface area (Å²) in [5.41, 5.74) is 2.75. The van der Waals surface area contributed by atoms with Crippen LogP contribution in [-0.2, 0) is 9.59 Å². The number of piperazine rings is 1. The molecule has 1 fully saturated rings. The Morgan fingerprint density at radius 3 is 2.25 bits per heavy atom. The van der Waals surface area contributed by atoms with E-state index < -0.39 is 0 Å². The van der Waals surface area contributed by atoms with E-state index in [-0.39, 0.29) is 11.8 Å². The molecule has 146 valence electrons. The first-order valence-corrected chi connectivity index (χ1v) is 9.80. The van der Waals surface area contributed by atoms with Gasteiger partial charge in [0.05, 0.1) is 0 Å². The molecule has 0 aromatic heterocycles. The third kappa shape index (κ3) is 5.36. The Morgan fingerprint density at radius 2 is 1.64 bits per heavy atom. The van der Waals surface area contributed by atoms with E-state index in [0.29, 0.717) is 11.4 Å². The van der Waals surface area contributed by atoms with E-state index in [2.05, 4.69) is 10.2 Å². The van der Waals surface area contributed by atoms with Gasteiger partial charge in [0.2, 0.25) is 11.8 Å². The van der Waals surface area contributed by atoms with E-state index in [1.54, 1.807) is 18.2 Å². The molecule has 0 spiro atoms. The second-order valence-corrected chi connectivity index (χ2v) is 7.08. The van der Waals surface area contributed by atoms with E-state index >= 15 is 0 Å². The molecule has 28 heavy (non-hydrogen) atoms. The maximum absolute atomic E-state index is 12.1. The van der Waals surface area contributed by atoms with Crippen LogP contribution in [0, 0.1) is 0 Å². The number of nitrogens with zero attached hydrogens (tertiary/aromatic N) is 2. The maximum atomic E-state index is 12.1. The summed E-state index contributed by atoms with van der Waals surface area (Å²) >= 11 is 5.85. The molecule has 1 aliphatic heterocycles. The van der Waals surface area contributed by atoms with Crippen LogP contribution in [0.3, 0.4) is 0 Å². The summed E-state index contributed by atoms with van der Waals surface area (Å²) in [5.74, 6) is 0.0266. The number of carbonyl (C=O) groups is 2. The summed E-state index contributed by atoms with van der Waals surface area (Å²) < 4.78 is 0. The van der Waals surface area contributed by atoms with Crippen LogP contribution in [0.4, 0.5) is 11.4 Å². The number of anilines is 2. The van der Waals surface area contributed by atoms with Crippen molar-refractivity contribution in [3.8, 4) is 0 Å². The zero-order valence-electron chi connectivity index (χ0n) is 15.9. The minimum Gasteiger partial charge on any atom is -0.368 e. The number of rotatable bonds is 5. The lowest BCUT2D eigenvalue weighted by atomic mass is 10.2. The van der Waals surface area contributed by atoms with Crippen molar-refractivity contribution < 1.29 is 9.59 Å². The van der Waals surface area contributed by atoms with E-state index in [4.69, 9.17) is 11.6 Å². The molecule has 1 saturated heterocycles. The van der Waals surface area contributed by atoms with Gasteiger partial charge in [-0.3, -0.25) is 9.59 Å². The Kier molecular flexibility index (Phi) is 6.71. The standard InChI is InChI=1S/C22H24ClN3O2/c1-2-22(28)26-15-13-25(14-16-26)20-10-8-19(9-11-20)24-21(27)12-5-17-3-6-18(23)7-4-17/h3-12H,2,13-16H2,1H3,(H,24,27)/b12-5+. The maximum Gasteiger partial charge on any atom is 0.248 e. The van der Waals surface area contributed by atoms with Crippen molar-refractivity contribution in [1.29, 1.82) is 0 Å². The highest BCUT2D eigenvalue weighted by Gasteiger charge is 2.19. The van der Waals surface area contributed by atoms with Crippen molar-refractivity contribution in [3.05, 3.63) is 65.2 Å². The summed E-state index contributed by atoms with van der Waals surface area (Å²) in [4.78, 5) is 28.0. The summed E-state index contributed by atoms with van der Waals surface area (Å²) in [7, 11) is 0. The van der Waals surface area contributed by atoms with Crippen LogP contribution >= 0.6 is 11.6 Å². The predicted molar refractivity (Wildman–Crippen MR) is 115 cm³/mol. The zero-order valence-corrected chi connectivity index (χ0v) is 16.7. The monoisotopic (exact) mass is 397 g/mol. The Balaban J connectivity index is 1.52. The number of halogens is 1. The third-order valence-corrected chi connectivity index (χ3v) is 4.98. The summed E-state index contributed by atoms with van der Waals surface area (Å²) in [6.07, 6.45) is 3.80. The normalized spacial score (nSPS) is 14.4. The molecule has 0 saturated carbocycles. The molecule has 1 N–H and O–H groups in total. The Morgan fingerprint density at radius 1 is 1.00 bits per heavy atom. The van der Waals surface area contributed by atoms with Gasteiger partial charge in [0.1, 0.15) is 0 Å². The fraction of sp³-hybridized carbons (Fsp3) is 0.273. The van der Waals surface area contributed by atoms with Crippen LogP contribution in [0.15, 0.2) is 54.6 Å². The fourth-order valence-corrected chi connectivity index (χ4v) is 3.25. The number of hydrogen-bond donors (Lipinski definition) is 1. The number of carbonyl (C=O) groups excluding carboxylic acids is 2. The molecule has 2 aromatic rings. The lowest BCUT2D eigenvalue weighted by Gasteiger charge is -2.36. The van der Waals surface area contributed by atoms with E-state index in [1.807, 2.05) is 48.2 Å². The van der Waals surface area contributed by atoms with Crippen LogP contribution in [-0.4, -0.2) is 42.9 Å². The molecule has 0 atom stereocenters. The second-order valence-electron chi connectivity index (χ2n) is 6.64. The van der Waals surface area contributed by atoms with Gasteiger partial charge in [-0.2, -0.15) is 0 Å². The lowest BCUT2D eigenvalue weighted by molar-refractivity contribution is -0.131. The Hall–Kier alpha value is -2.79. The molecule has 5 nitrogen and oxygen atoms in total. The van der Waals surface area contributed by atoms with Gasteiger partial charge < -0.3 is 15.1 Å². The van der Waals surface area contributed by atoms with E-state index in [1.165, 1.54) is 6.08 Å². The highest BCUT2D eigenvalue weighted by molar-refractivity contribution is 6.30. The number of hydrogen-bond acceptors (Lipinski definition) is 3. The van der Waals surface area contributed by atoms with Gasteiger partial charge in [0.15, 0.2) is 0 Å². The Labute approximate surface area is 170 Å². The summed E-state index contributed by atoms with van der Waals surface area (Å²) in [6.45, 7) is 5.04. The molecule has 0 aliphatic carbocycles. The first kappa shape index (κ1) is 20.0. The molecule has 1 aliphatic rings. The van der Waals surface area contributed by atoms with Gasteiger partial charge in [-0.05, 0) is 48.0 Å². The van der Waals surface area contributed by atoms with Gasteiger partial charge in [-0.15, -0.1) is 0 Å². The first-order valence-electron chi connectivity index (χ1n) is 9.42. The van der Waals surface area contributed by atoms with Crippen LogP contribution in [0.5, 0.6) is 0 Å². The molecule has 0 radical (unpaired) electrons. The SMILES string of the molecule is CCC(=O)N1CCN(c2ccc(NC(=O)/C=C/c3ccc(Cl)cc3)cc2)CC1. The average molecular weight is 398 g/mol. The first-order chi connectivity index (χ1) is 13.5. The fourth-order valence-electron chi connectivity index (χ4n) is 3.12. The van der Waals surface area contributed by atoms with Crippen molar-refractivity contribution in [2.75, 3.05) is 36.4 Å². The van der Waals surface area contributed by atoms with Crippen molar-refractivity contribution in [1.82, 2.24) is 4.90 Å². The van der Waals surface area contributed by atoms with Gasteiger partial charge in [-0.25, -0.2) is 0 Å². The van der Waals surface area contributed by atoms with Crippen LogP contribution in [0.2, 0.25) is 5.02 Å². The highest BCUT2D eigenvalue weighted by Crippen LogP contribution is 2.20. The van der Waals surface area contributed by atoms with Crippen molar-refractivity contribution in [3.63, 3.8) is 0 Å². The topological polar surface area (TPSA) is 52.7 Å². The quantitative estimate of drug-likeness (QED) is 0.774. The third-order valence-electron chi connectivity index (χ3n) is 4.73. The van der Waals surface area contributed by atoms with Crippen molar-refractivity contribution in [2.24, 2.45) is 0 Å². The van der Waals surface area contributed by atoms with Crippen LogP contribution < -0.4 is 10.2 Å². The van der Waals surface area contributed by atoms with Crippen molar-refractivity contribution in [2.45, 2.75) is 13.3 Å². The smallest absolute Gasteiger partial charge is 0.248 e. The van der Waals surface area contributed by atoms with Gasteiger partial charge >= 0.3 is 0 Å². The zero-order chi connectivity index (χ0) is 19.9. The molecule has 0 bridgehead atoms. The Bertz CT molecular complexity index is 839. The second kappa shape index (κ2) is 9.42. The van der Waals surface area contributed by atoms with Crippen molar-refractivity contribution >= 4 is 40.9 Å². The van der Waals surface area contributed by atoms with Crippen LogP contribution in [0.25, 0.3) is 6.08 Å². The summed E-state index contributed by atoms with van der Waals surface area (Å²) in [5, 5.41) is 3.53. The van der Waals surface area contributed by atoms with E-state index in [9.17, 15) is 9.59 Å². The number of benzene rings is 2. The van der Waals surface area contributed by atoms with Gasteiger partial charge in [0.25, 0.3) is 0 Å². The average Bonchev–Trinajstić information content (AvgIpc) is 2.73. The minimum absolute atomic E-state index is 0.186. The molecule has 2 amide bonds. The van der Waals surface area contributed by atoms with Gasteiger partial charge in [0, 0.05) is 55.1 Å². The minimum atomic E-state index is -0.186. The molecule has 6 heteroatoms. The number of nitrogens with one attached hydrogen (secondary N) is 1. The van der Waals surface area contributed by atoms with E-state index in [0.717, 1.165) is 43.1 Å². The predicted octanol–water partition coefficient (Wildman–Crippen LogP) is 4.05. The molecule has 3 rings (SSSR count). The molecular formula is C22H24ClN3O2. The molecular weight excluding hydrogens is 374 g/mol. The molecule has 1 heterocycles. The molecule has 0 unspecified atom stereocenters.